The Morgan fingerprint density at radius 1 is 1.25 bits per heavy atom. The largest absolute Gasteiger partial charge is 0.314 e. The van der Waals surface area contributed by atoms with Crippen molar-refractivity contribution in [1.82, 2.24) is 13.9 Å². The van der Waals surface area contributed by atoms with E-state index in [0.717, 1.165) is 25.8 Å². The van der Waals surface area contributed by atoms with E-state index in [9.17, 15) is 8.42 Å². The molecular formula is C14H31N3O2S. The van der Waals surface area contributed by atoms with Gasteiger partial charge in [0.2, 0.25) is 0 Å². The van der Waals surface area contributed by atoms with E-state index in [0.29, 0.717) is 25.7 Å². The third kappa shape index (κ3) is 5.31. The van der Waals surface area contributed by atoms with Crippen molar-refractivity contribution in [2.45, 2.75) is 53.0 Å². The third-order valence-electron chi connectivity index (χ3n) is 4.00. The van der Waals surface area contributed by atoms with Gasteiger partial charge in [-0.15, -0.1) is 0 Å². The van der Waals surface area contributed by atoms with E-state index < -0.39 is 10.2 Å². The zero-order valence-electron chi connectivity index (χ0n) is 13.6. The highest BCUT2D eigenvalue weighted by atomic mass is 32.2. The molecule has 0 bridgehead atoms. The van der Waals surface area contributed by atoms with Crippen LogP contribution < -0.4 is 5.32 Å². The van der Waals surface area contributed by atoms with Crippen LogP contribution in [0.2, 0.25) is 0 Å². The monoisotopic (exact) mass is 305 g/mol. The molecule has 0 aromatic heterocycles. The number of hydrogen-bond donors (Lipinski definition) is 1. The van der Waals surface area contributed by atoms with Crippen LogP contribution in [-0.2, 0) is 10.2 Å². The molecule has 0 aromatic carbocycles. The highest BCUT2D eigenvalue weighted by molar-refractivity contribution is 7.86. The van der Waals surface area contributed by atoms with Gasteiger partial charge < -0.3 is 5.32 Å². The first-order valence-electron chi connectivity index (χ1n) is 7.60. The highest BCUT2D eigenvalue weighted by Gasteiger charge is 2.33. The summed E-state index contributed by atoms with van der Waals surface area (Å²) in [7, 11) is -1.59. The standard InChI is InChI=1S/C14H31N3O2S/c1-13(2)15-9-6-10-16(5)20(18,19)17-11-7-14(3,4)8-12-17/h13,15H,6-12H2,1-5H3. The Bertz CT molecular complexity index is 383. The molecule has 0 radical (unpaired) electrons. The summed E-state index contributed by atoms with van der Waals surface area (Å²) in [6.45, 7) is 11.3. The van der Waals surface area contributed by atoms with Crippen molar-refractivity contribution in [1.29, 1.82) is 0 Å². The molecule has 6 heteroatoms. The van der Waals surface area contributed by atoms with E-state index in [1.165, 1.54) is 4.31 Å². The summed E-state index contributed by atoms with van der Waals surface area (Å²) in [5.74, 6) is 0. The summed E-state index contributed by atoms with van der Waals surface area (Å²) in [6.07, 6.45) is 2.72. The van der Waals surface area contributed by atoms with Crippen molar-refractivity contribution < 1.29 is 8.42 Å². The molecule has 1 saturated heterocycles. The van der Waals surface area contributed by atoms with Crippen molar-refractivity contribution in [3.63, 3.8) is 0 Å². The summed E-state index contributed by atoms with van der Waals surface area (Å²) in [6, 6.07) is 0.446. The van der Waals surface area contributed by atoms with Gasteiger partial charge in [-0.1, -0.05) is 27.7 Å². The number of hydrogen-bond acceptors (Lipinski definition) is 3. The van der Waals surface area contributed by atoms with Crippen LogP contribution in [0.15, 0.2) is 0 Å². The molecule has 120 valence electrons. The molecule has 5 nitrogen and oxygen atoms in total. The minimum absolute atomic E-state index is 0.270. The van der Waals surface area contributed by atoms with Crippen molar-refractivity contribution in [2.24, 2.45) is 5.41 Å². The second-order valence-corrected chi connectivity index (χ2v) is 8.89. The SMILES string of the molecule is CC(C)NCCCN(C)S(=O)(=O)N1CCC(C)(C)CC1. The van der Waals surface area contributed by atoms with Gasteiger partial charge in [-0.05, 0) is 31.2 Å². The minimum atomic E-state index is -3.27. The second kappa shape index (κ2) is 7.20. The predicted octanol–water partition coefficient (Wildman–Crippen LogP) is 1.67. The molecular weight excluding hydrogens is 274 g/mol. The molecule has 0 amide bonds. The van der Waals surface area contributed by atoms with Crippen LogP contribution in [0, 0.1) is 5.41 Å². The fourth-order valence-corrected chi connectivity index (χ4v) is 3.73. The maximum atomic E-state index is 12.5. The molecule has 0 atom stereocenters. The highest BCUT2D eigenvalue weighted by Crippen LogP contribution is 2.31. The van der Waals surface area contributed by atoms with Crippen molar-refractivity contribution in [3.8, 4) is 0 Å². The lowest BCUT2D eigenvalue weighted by Gasteiger charge is -2.37. The molecule has 0 aliphatic carbocycles. The molecule has 0 spiro atoms. The Balaban J connectivity index is 2.43. The smallest absolute Gasteiger partial charge is 0.281 e. The maximum Gasteiger partial charge on any atom is 0.281 e. The number of rotatable bonds is 7. The summed E-state index contributed by atoms with van der Waals surface area (Å²) in [5.41, 5.74) is 0.270. The fourth-order valence-electron chi connectivity index (χ4n) is 2.33. The normalized spacial score (nSPS) is 20.8. The Kier molecular flexibility index (Phi) is 6.44. The first-order valence-corrected chi connectivity index (χ1v) is 9.00. The minimum Gasteiger partial charge on any atom is -0.314 e. The Morgan fingerprint density at radius 2 is 1.80 bits per heavy atom. The van der Waals surface area contributed by atoms with Gasteiger partial charge in [0, 0.05) is 32.7 Å². The van der Waals surface area contributed by atoms with Crippen molar-refractivity contribution in [3.05, 3.63) is 0 Å². The molecule has 1 rings (SSSR count). The molecule has 1 N–H and O–H groups in total. The maximum absolute atomic E-state index is 12.5. The lowest BCUT2D eigenvalue weighted by Crippen LogP contribution is -2.47. The lowest BCUT2D eigenvalue weighted by molar-refractivity contribution is 0.189. The van der Waals surface area contributed by atoms with Crippen LogP contribution in [0.25, 0.3) is 0 Å². The topological polar surface area (TPSA) is 52.7 Å². The van der Waals surface area contributed by atoms with Gasteiger partial charge >= 0.3 is 0 Å². The summed E-state index contributed by atoms with van der Waals surface area (Å²) in [5, 5.41) is 3.31. The zero-order valence-corrected chi connectivity index (χ0v) is 14.5. The predicted molar refractivity (Wildman–Crippen MR) is 83.9 cm³/mol. The average Bonchev–Trinajstić information content (AvgIpc) is 2.33. The zero-order chi connectivity index (χ0) is 15.4. The van der Waals surface area contributed by atoms with Crippen LogP contribution >= 0.6 is 0 Å². The van der Waals surface area contributed by atoms with Gasteiger partial charge in [-0.3, -0.25) is 0 Å². The number of nitrogens with zero attached hydrogens (tertiary/aromatic N) is 2. The molecule has 1 heterocycles. The summed E-state index contributed by atoms with van der Waals surface area (Å²) >= 11 is 0. The van der Waals surface area contributed by atoms with Crippen LogP contribution in [0.3, 0.4) is 0 Å². The van der Waals surface area contributed by atoms with Gasteiger partial charge in [0.25, 0.3) is 10.2 Å². The quantitative estimate of drug-likeness (QED) is 0.728. The van der Waals surface area contributed by atoms with Crippen molar-refractivity contribution >= 4 is 10.2 Å². The average molecular weight is 305 g/mol. The van der Waals surface area contributed by atoms with Crippen LogP contribution in [0.5, 0.6) is 0 Å². The van der Waals surface area contributed by atoms with Gasteiger partial charge in [0.15, 0.2) is 0 Å². The summed E-state index contributed by atoms with van der Waals surface area (Å²) in [4.78, 5) is 0. The first kappa shape index (κ1) is 17.9. The van der Waals surface area contributed by atoms with Crippen LogP contribution in [0.1, 0.15) is 47.0 Å². The Hall–Kier alpha value is -0.170. The van der Waals surface area contributed by atoms with E-state index in [4.69, 9.17) is 0 Å². The molecule has 0 aromatic rings. The third-order valence-corrected chi connectivity index (χ3v) is 5.99. The molecule has 1 aliphatic heterocycles. The number of piperidine rings is 1. The molecule has 0 unspecified atom stereocenters. The fraction of sp³-hybridized carbons (Fsp3) is 1.00. The van der Waals surface area contributed by atoms with Crippen molar-refractivity contribution in [2.75, 3.05) is 33.2 Å². The molecule has 1 fully saturated rings. The molecule has 20 heavy (non-hydrogen) atoms. The Labute approximate surface area is 124 Å². The molecule has 0 saturated carbocycles. The Morgan fingerprint density at radius 3 is 2.30 bits per heavy atom. The van der Waals surface area contributed by atoms with Gasteiger partial charge in [0.1, 0.15) is 0 Å². The van der Waals surface area contributed by atoms with E-state index in [1.807, 2.05) is 0 Å². The van der Waals surface area contributed by atoms with Crippen LogP contribution in [-0.4, -0.2) is 56.3 Å². The van der Waals surface area contributed by atoms with E-state index >= 15 is 0 Å². The van der Waals surface area contributed by atoms with Crippen LogP contribution in [0.4, 0.5) is 0 Å². The summed E-state index contributed by atoms with van der Waals surface area (Å²) < 4.78 is 28.0. The number of nitrogens with one attached hydrogen (secondary N) is 1. The van der Waals surface area contributed by atoms with Gasteiger partial charge in [-0.2, -0.15) is 17.0 Å². The van der Waals surface area contributed by atoms with Gasteiger partial charge in [0.05, 0.1) is 0 Å². The molecule has 1 aliphatic rings. The van der Waals surface area contributed by atoms with E-state index in [-0.39, 0.29) is 5.41 Å². The first-order chi connectivity index (χ1) is 9.15. The van der Waals surface area contributed by atoms with E-state index in [1.54, 1.807) is 11.4 Å². The van der Waals surface area contributed by atoms with E-state index in [2.05, 4.69) is 33.0 Å². The second-order valence-electron chi connectivity index (χ2n) is 6.85. The lowest BCUT2D eigenvalue weighted by atomic mass is 9.83. The van der Waals surface area contributed by atoms with Gasteiger partial charge in [-0.25, -0.2) is 0 Å².